The summed E-state index contributed by atoms with van der Waals surface area (Å²) in [4.78, 5) is 48.7. The van der Waals surface area contributed by atoms with E-state index in [2.05, 4.69) is 10.6 Å². The van der Waals surface area contributed by atoms with Crippen molar-refractivity contribution in [1.82, 2.24) is 10.6 Å². The van der Waals surface area contributed by atoms with Crippen molar-refractivity contribution in [2.75, 3.05) is 0 Å². The van der Waals surface area contributed by atoms with E-state index in [1.54, 1.807) is 0 Å². The SMILES string of the molecule is NC(=O)C[C@H](NC(=O)[C@@H](N)CC(=O)NC(c1ccccc1)(c1ccccc1)c1ccccc1)C(N)=O. The van der Waals surface area contributed by atoms with Crippen LogP contribution in [0.4, 0.5) is 0 Å². The Morgan fingerprint density at radius 2 is 1.11 bits per heavy atom. The molecule has 0 unspecified atom stereocenters. The van der Waals surface area contributed by atoms with Gasteiger partial charge in [-0.15, -0.1) is 0 Å². The number of carbonyl (C=O) groups is 4. The Balaban J connectivity index is 1.92. The average Bonchev–Trinajstić information content (AvgIpc) is 2.88. The van der Waals surface area contributed by atoms with Crippen molar-refractivity contribution in [3.63, 3.8) is 0 Å². The standard InChI is InChI=1S/C27H29N5O4/c28-21(26(36)31-22(25(30)35)17-23(29)33)16-24(34)32-27(18-10-4-1-5-11-18,19-12-6-2-7-13-19)20-14-8-3-9-15-20/h1-15,21-22H,16-17,28H2,(H2,29,33)(H2,30,35)(H,31,36)(H,32,34)/t21-,22-/m0/s1. The van der Waals surface area contributed by atoms with E-state index >= 15 is 0 Å². The minimum Gasteiger partial charge on any atom is -0.370 e. The summed E-state index contributed by atoms with van der Waals surface area (Å²) in [6.07, 6.45) is -0.860. The first kappa shape index (κ1) is 26.1. The lowest BCUT2D eigenvalue weighted by Gasteiger charge is -2.37. The van der Waals surface area contributed by atoms with Gasteiger partial charge in [0.2, 0.25) is 23.6 Å². The number of primary amides is 2. The number of benzene rings is 3. The number of hydrogen-bond donors (Lipinski definition) is 5. The van der Waals surface area contributed by atoms with Gasteiger partial charge in [0.1, 0.15) is 11.6 Å². The maximum absolute atomic E-state index is 13.4. The fourth-order valence-electron chi connectivity index (χ4n) is 4.04. The van der Waals surface area contributed by atoms with Crippen LogP contribution < -0.4 is 27.8 Å². The highest BCUT2D eigenvalue weighted by Crippen LogP contribution is 2.36. The summed E-state index contributed by atoms with van der Waals surface area (Å²) < 4.78 is 0. The Hall–Kier alpha value is -4.50. The van der Waals surface area contributed by atoms with Gasteiger partial charge in [-0.3, -0.25) is 19.2 Å². The van der Waals surface area contributed by atoms with E-state index in [0.717, 1.165) is 16.7 Å². The van der Waals surface area contributed by atoms with Crippen LogP contribution in [0.25, 0.3) is 0 Å². The van der Waals surface area contributed by atoms with Crippen LogP contribution >= 0.6 is 0 Å². The van der Waals surface area contributed by atoms with E-state index in [1.807, 2.05) is 91.0 Å². The molecule has 4 amide bonds. The zero-order valence-corrected chi connectivity index (χ0v) is 19.6. The van der Waals surface area contributed by atoms with Crippen molar-refractivity contribution in [1.29, 1.82) is 0 Å². The van der Waals surface area contributed by atoms with Crippen LogP contribution in [0.5, 0.6) is 0 Å². The van der Waals surface area contributed by atoms with Crippen LogP contribution in [-0.2, 0) is 24.7 Å². The highest BCUT2D eigenvalue weighted by atomic mass is 16.2. The Morgan fingerprint density at radius 1 is 0.694 bits per heavy atom. The highest BCUT2D eigenvalue weighted by Gasteiger charge is 2.38. The van der Waals surface area contributed by atoms with Crippen LogP contribution in [0.2, 0.25) is 0 Å². The number of nitrogens with one attached hydrogen (secondary N) is 2. The maximum atomic E-state index is 13.4. The van der Waals surface area contributed by atoms with Gasteiger partial charge in [0.25, 0.3) is 0 Å². The minimum atomic E-state index is -1.32. The smallest absolute Gasteiger partial charge is 0.240 e. The fraction of sp³-hybridized carbons (Fsp3) is 0.185. The molecule has 0 aromatic heterocycles. The molecule has 0 aliphatic carbocycles. The molecule has 2 atom stereocenters. The van der Waals surface area contributed by atoms with E-state index in [9.17, 15) is 19.2 Å². The largest absolute Gasteiger partial charge is 0.370 e. The highest BCUT2D eigenvalue weighted by molar-refractivity contribution is 5.94. The van der Waals surface area contributed by atoms with Gasteiger partial charge < -0.3 is 27.8 Å². The Morgan fingerprint density at radius 3 is 1.47 bits per heavy atom. The molecule has 0 saturated heterocycles. The number of nitrogens with two attached hydrogens (primary N) is 3. The first-order chi connectivity index (χ1) is 17.2. The average molecular weight is 488 g/mol. The van der Waals surface area contributed by atoms with Crippen molar-refractivity contribution >= 4 is 23.6 Å². The molecule has 0 fully saturated rings. The van der Waals surface area contributed by atoms with Crippen LogP contribution in [0.3, 0.4) is 0 Å². The van der Waals surface area contributed by atoms with Crippen molar-refractivity contribution in [2.45, 2.75) is 30.5 Å². The molecular weight excluding hydrogens is 458 g/mol. The van der Waals surface area contributed by atoms with Gasteiger partial charge in [0.05, 0.1) is 18.9 Å². The van der Waals surface area contributed by atoms with E-state index < -0.39 is 47.7 Å². The number of amides is 4. The molecule has 36 heavy (non-hydrogen) atoms. The Bertz CT molecular complexity index is 1110. The Kier molecular flexibility index (Phi) is 8.53. The summed E-state index contributed by atoms with van der Waals surface area (Å²) in [6, 6.07) is 25.8. The molecule has 0 radical (unpaired) electrons. The van der Waals surface area contributed by atoms with Crippen molar-refractivity contribution < 1.29 is 19.2 Å². The quantitative estimate of drug-likeness (QED) is 0.250. The van der Waals surface area contributed by atoms with Crippen LogP contribution in [0, 0.1) is 0 Å². The summed E-state index contributed by atoms with van der Waals surface area (Å²) >= 11 is 0. The Labute approximate surface area is 209 Å². The lowest BCUT2D eigenvalue weighted by molar-refractivity contribution is -0.131. The zero-order valence-electron chi connectivity index (χ0n) is 19.6. The second-order valence-electron chi connectivity index (χ2n) is 8.34. The van der Waals surface area contributed by atoms with Crippen LogP contribution in [0.15, 0.2) is 91.0 Å². The molecule has 0 saturated carbocycles. The third-order valence-corrected chi connectivity index (χ3v) is 5.75. The predicted octanol–water partition coefficient (Wildman–Crippen LogP) is 0.658. The van der Waals surface area contributed by atoms with Gasteiger partial charge in [-0.2, -0.15) is 0 Å². The zero-order chi connectivity index (χ0) is 26.1. The maximum Gasteiger partial charge on any atom is 0.240 e. The van der Waals surface area contributed by atoms with Crippen molar-refractivity contribution in [3.8, 4) is 0 Å². The van der Waals surface area contributed by atoms with Gasteiger partial charge in [0, 0.05) is 0 Å². The molecule has 3 aromatic rings. The van der Waals surface area contributed by atoms with Gasteiger partial charge in [-0.05, 0) is 16.7 Å². The third-order valence-electron chi connectivity index (χ3n) is 5.75. The number of carbonyl (C=O) groups excluding carboxylic acids is 4. The first-order valence-electron chi connectivity index (χ1n) is 11.3. The molecule has 0 spiro atoms. The molecule has 0 aliphatic heterocycles. The monoisotopic (exact) mass is 487 g/mol. The molecule has 9 heteroatoms. The van der Waals surface area contributed by atoms with Crippen LogP contribution in [0.1, 0.15) is 29.5 Å². The summed E-state index contributed by atoms with van der Waals surface area (Å²) in [6.45, 7) is 0. The summed E-state index contributed by atoms with van der Waals surface area (Å²) in [5.41, 5.74) is 17.7. The van der Waals surface area contributed by atoms with E-state index in [4.69, 9.17) is 17.2 Å². The van der Waals surface area contributed by atoms with Gasteiger partial charge in [-0.1, -0.05) is 91.0 Å². The van der Waals surface area contributed by atoms with Gasteiger partial charge in [0.15, 0.2) is 0 Å². The number of rotatable bonds is 11. The van der Waals surface area contributed by atoms with E-state index in [1.165, 1.54) is 0 Å². The molecule has 3 rings (SSSR count). The van der Waals surface area contributed by atoms with Crippen molar-refractivity contribution in [2.24, 2.45) is 17.2 Å². The molecular formula is C27H29N5O4. The van der Waals surface area contributed by atoms with Crippen molar-refractivity contribution in [3.05, 3.63) is 108 Å². The molecule has 186 valence electrons. The third kappa shape index (κ3) is 6.13. The normalized spacial score (nSPS) is 12.7. The van der Waals surface area contributed by atoms with Gasteiger partial charge in [-0.25, -0.2) is 0 Å². The first-order valence-corrected chi connectivity index (χ1v) is 11.3. The molecule has 9 nitrogen and oxygen atoms in total. The minimum absolute atomic E-state index is 0.387. The van der Waals surface area contributed by atoms with Gasteiger partial charge >= 0.3 is 0 Å². The topological polar surface area (TPSA) is 170 Å². The summed E-state index contributed by atoms with van der Waals surface area (Å²) in [5.74, 6) is -3.06. The van der Waals surface area contributed by atoms with E-state index in [0.29, 0.717) is 0 Å². The lowest BCUT2D eigenvalue weighted by Crippen LogP contribution is -2.54. The van der Waals surface area contributed by atoms with Crippen LogP contribution in [-0.4, -0.2) is 35.7 Å². The molecule has 0 aliphatic rings. The summed E-state index contributed by atoms with van der Waals surface area (Å²) in [5, 5.41) is 5.40. The molecule has 3 aromatic carbocycles. The second kappa shape index (κ2) is 11.8. The number of hydrogen-bond acceptors (Lipinski definition) is 5. The van der Waals surface area contributed by atoms with E-state index in [-0.39, 0.29) is 6.42 Å². The molecule has 0 bridgehead atoms. The molecule has 0 heterocycles. The fourth-order valence-corrected chi connectivity index (χ4v) is 4.04. The lowest BCUT2D eigenvalue weighted by atomic mass is 9.77. The molecule has 8 N–H and O–H groups in total. The predicted molar refractivity (Wildman–Crippen MR) is 135 cm³/mol. The second-order valence-corrected chi connectivity index (χ2v) is 8.34. The summed E-state index contributed by atoms with van der Waals surface area (Å²) in [7, 11) is 0.